The lowest BCUT2D eigenvalue weighted by atomic mass is 10.2. The number of alkyl halides is 2. The van der Waals surface area contributed by atoms with Crippen LogP contribution in [0.15, 0.2) is 0 Å². The number of halogens is 2. The molecule has 6 heteroatoms. The Morgan fingerprint density at radius 3 is 2.73 bits per heavy atom. The molecule has 1 heterocycles. The topological polar surface area (TPSA) is 41.6 Å². The van der Waals surface area contributed by atoms with Crippen molar-refractivity contribution >= 4 is 5.91 Å². The number of nitrogens with one attached hydrogen (secondary N) is 1. The molecule has 0 spiro atoms. The minimum atomic E-state index is -2.48. The number of carbonyl (C=O) groups is 1. The second-order valence-electron chi connectivity index (χ2n) is 3.57. The first-order chi connectivity index (χ1) is 7.09. The molecule has 1 N–H and O–H groups in total. The van der Waals surface area contributed by atoms with E-state index in [4.69, 9.17) is 4.74 Å². The number of amides is 1. The van der Waals surface area contributed by atoms with Gasteiger partial charge in [-0.3, -0.25) is 4.79 Å². The molecule has 1 aliphatic heterocycles. The number of hydrogen-bond donors (Lipinski definition) is 1. The van der Waals surface area contributed by atoms with Crippen molar-refractivity contribution in [2.24, 2.45) is 0 Å². The highest BCUT2D eigenvalue weighted by Crippen LogP contribution is 2.02. The highest BCUT2D eigenvalue weighted by atomic mass is 19.3. The normalized spacial score (nSPS) is 16.5. The van der Waals surface area contributed by atoms with E-state index in [1.54, 1.807) is 0 Å². The van der Waals surface area contributed by atoms with Crippen LogP contribution in [0, 0.1) is 0 Å². The van der Waals surface area contributed by atoms with E-state index in [9.17, 15) is 13.6 Å². The highest BCUT2D eigenvalue weighted by Gasteiger charge is 2.18. The maximum absolute atomic E-state index is 11.9. The molecule has 0 aromatic carbocycles. The fourth-order valence-corrected chi connectivity index (χ4v) is 1.19. The minimum Gasteiger partial charge on any atom is -0.375 e. The standard InChI is InChI=1S/C9H16F2N2O2/c1-13(6-8(10)11)9(14)2-3-15-7-4-12-5-7/h7-8,12H,2-6H2,1H3. The van der Waals surface area contributed by atoms with Crippen LogP contribution >= 0.6 is 0 Å². The number of ether oxygens (including phenoxy) is 1. The van der Waals surface area contributed by atoms with Crippen molar-refractivity contribution in [2.45, 2.75) is 19.0 Å². The Hall–Kier alpha value is -0.750. The first kappa shape index (κ1) is 12.3. The summed E-state index contributed by atoms with van der Waals surface area (Å²) in [5, 5.41) is 3.03. The molecule has 1 amide bonds. The van der Waals surface area contributed by atoms with Gasteiger partial charge < -0.3 is 15.0 Å². The predicted octanol–water partition coefficient (Wildman–Crippen LogP) is 0.0884. The third-order valence-corrected chi connectivity index (χ3v) is 2.25. The third-order valence-electron chi connectivity index (χ3n) is 2.25. The Morgan fingerprint density at radius 1 is 1.60 bits per heavy atom. The third kappa shape index (κ3) is 4.53. The summed E-state index contributed by atoms with van der Waals surface area (Å²) < 4.78 is 29.2. The monoisotopic (exact) mass is 222 g/mol. The summed E-state index contributed by atoms with van der Waals surface area (Å²) in [6.07, 6.45) is -2.13. The lowest BCUT2D eigenvalue weighted by Crippen LogP contribution is -2.48. The number of hydrogen-bond acceptors (Lipinski definition) is 3. The first-order valence-electron chi connectivity index (χ1n) is 4.94. The molecule has 4 nitrogen and oxygen atoms in total. The van der Waals surface area contributed by atoms with Crippen molar-refractivity contribution in [3.8, 4) is 0 Å². The van der Waals surface area contributed by atoms with E-state index in [0.29, 0.717) is 6.61 Å². The Morgan fingerprint density at radius 2 is 2.27 bits per heavy atom. The van der Waals surface area contributed by atoms with Crippen molar-refractivity contribution in [1.82, 2.24) is 10.2 Å². The predicted molar refractivity (Wildman–Crippen MR) is 50.9 cm³/mol. The molecule has 0 aromatic rings. The van der Waals surface area contributed by atoms with Gasteiger partial charge in [0.05, 0.1) is 25.7 Å². The van der Waals surface area contributed by atoms with Crippen LogP contribution in [0.2, 0.25) is 0 Å². The van der Waals surface area contributed by atoms with Crippen LogP contribution in [-0.2, 0) is 9.53 Å². The molecule has 0 atom stereocenters. The van der Waals surface area contributed by atoms with E-state index in [2.05, 4.69) is 5.32 Å². The van der Waals surface area contributed by atoms with Crippen LogP contribution in [0.1, 0.15) is 6.42 Å². The molecule has 0 radical (unpaired) electrons. The zero-order valence-corrected chi connectivity index (χ0v) is 8.71. The molecule has 15 heavy (non-hydrogen) atoms. The van der Waals surface area contributed by atoms with E-state index < -0.39 is 13.0 Å². The van der Waals surface area contributed by atoms with Crippen LogP contribution < -0.4 is 5.32 Å². The van der Waals surface area contributed by atoms with Gasteiger partial charge in [0.25, 0.3) is 6.43 Å². The van der Waals surface area contributed by atoms with Crippen molar-refractivity contribution in [2.75, 3.05) is 33.3 Å². The molecule has 0 aliphatic carbocycles. The maximum atomic E-state index is 11.9. The zero-order valence-electron chi connectivity index (χ0n) is 8.71. The second-order valence-corrected chi connectivity index (χ2v) is 3.57. The van der Waals surface area contributed by atoms with Crippen LogP contribution in [0.5, 0.6) is 0 Å². The van der Waals surface area contributed by atoms with Gasteiger partial charge in [-0.1, -0.05) is 0 Å². The van der Waals surface area contributed by atoms with E-state index in [-0.39, 0.29) is 18.4 Å². The molecule has 88 valence electrons. The molecule has 1 aliphatic rings. The smallest absolute Gasteiger partial charge is 0.255 e. The molecule has 1 saturated heterocycles. The summed E-state index contributed by atoms with van der Waals surface area (Å²) in [6.45, 7) is 1.41. The van der Waals surface area contributed by atoms with Crippen molar-refractivity contribution < 1.29 is 18.3 Å². The molecular weight excluding hydrogens is 206 g/mol. The Balaban J connectivity index is 2.05. The molecule has 0 unspecified atom stereocenters. The number of nitrogens with zero attached hydrogens (tertiary/aromatic N) is 1. The summed E-state index contributed by atoms with van der Waals surface area (Å²) in [6, 6.07) is 0. The van der Waals surface area contributed by atoms with E-state index in [1.807, 2.05) is 0 Å². The van der Waals surface area contributed by atoms with Crippen LogP contribution in [0.25, 0.3) is 0 Å². The SMILES string of the molecule is CN(CC(F)F)C(=O)CCOC1CNC1. The van der Waals surface area contributed by atoms with Crippen molar-refractivity contribution in [3.05, 3.63) is 0 Å². The molecule has 1 rings (SSSR count). The maximum Gasteiger partial charge on any atom is 0.255 e. The number of rotatable bonds is 6. The van der Waals surface area contributed by atoms with Crippen LogP contribution in [-0.4, -0.2) is 56.6 Å². The van der Waals surface area contributed by atoms with Crippen LogP contribution in [0.4, 0.5) is 8.78 Å². The Labute approximate surface area is 87.6 Å². The van der Waals surface area contributed by atoms with E-state index in [1.165, 1.54) is 7.05 Å². The lowest BCUT2D eigenvalue weighted by molar-refractivity contribution is -0.133. The van der Waals surface area contributed by atoms with Gasteiger partial charge in [0.1, 0.15) is 0 Å². The number of carbonyl (C=O) groups excluding carboxylic acids is 1. The average Bonchev–Trinajstić information content (AvgIpc) is 2.07. The Kier molecular flexibility index (Phi) is 4.90. The Bertz CT molecular complexity index is 210. The lowest BCUT2D eigenvalue weighted by Gasteiger charge is -2.27. The molecule has 0 aromatic heterocycles. The average molecular weight is 222 g/mol. The van der Waals surface area contributed by atoms with Crippen molar-refractivity contribution in [3.63, 3.8) is 0 Å². The van der Waals surface area contributed by atoms with Gasteiger partial charge in [-0.15, -0.1) is 0 Å². The van der Waals surface area contributed by atoms with Gasteiger partial charge in [0.2, 0.25) is 5.91 Å². The van der Waals surface area contributed by atoms with Gasteiger partial charge in [0, 0.05) is 20.1 Å². The summed E-state index contributed by atoms with van der Waals surface area (Å²) in [5.41, 5.74) is 0. The molecular formula is C9H16F2N2O2. The molecule has 1 fully saturated rings. The van der Waals surface area contributed by atoms with E-state index >= 15 is 0 Å². The summed E-state index contributed by atoms with van der Waals surface area (Å²) >= 11 is 0. The fourth-order valence-electron chi connectivity index (χ4n) is 1.19. The van der Waals surface area contributed by atoms with Crippen molar-refractivity contribution in [1.29, 1.82) is 0 Å². The second kappa shape index (κ2) is 5.97. The van der Waals surface area contributed by atoms with Gasteiger partial charge in [-0.2, -0.15) is 0 Å². The van der Waals surface area contributed by atoms with Gasteiger partial charge >= 0.3 is 0 Å². The fraction of sp³-hybridized carbons (Fsp3) is 0.889. The van der Waals surface area contributed by atoms with Gasteiger partial charge in [-0.05, 0) is 0 Å². The van der Waals surface area contributed by atoms with Gasteiger partial charge in [0.15, 0.2) is 0 Å². The minimum absolute atomic E-state index is 0.166. The quantitative estimate of drug-likeness (QED) is 0.692. The summed E-state index contributed by atoms with van der Waals surface area (Å²) in [5.74, 6) is -0.303. The first-order valence-corrected chi connectivity index (χ1v) is 4.94. The summed E-state index contributed by atoms with van der Waals surface area (Å²) in [4.78, 5) is 12.3. The van der Waals surface area contributed by atoms with E-state index in [0.717, 1.165) is 18.0 Å². The molecule has 0 bridgehead atoms. The zero-order chi connectivity index (χ0) is 11.3. The molecule has 0 saturated carbocycles. The highest BCUT2D eigenvalue weighted by molar-refractivity contribution is 5.75. The largest absolute Gasteiger partial charge is 0.375 e. The van der Waals surface area contributed by atoms with Gasteiger partial charge in [-0.25, -0.2) is 8.78 Å². The summed E-state index contributed by atoms with van der Waals surface area (Å²) in [7, 11) is 1.37. The van der Waals surface area contributed by atoms with Crippen LogP contribution in [0.3, 0.4) is 0 Å².